The molecule has 1 aliphatic rings. The smallest absolute Gasteiger partial charge is 0.241 e. The number of rotatable bonds is 2. The Labute approximate surface area is 115 Å². The van der Waals surface area contributed by atoms with E-state index in [-0.39, 0.29) is 17.4 Å². The molecule has 3 heteroatoms. The van der Waals surface area contributed by atoms with E-state index in [0.29, 0.717) is 5.92 Å². The van der Waals surface area contributed by atoms with Crippen molar-refractivity contribution in [3.05, 3.63) is 29.8 Å². The number of benzene rings is 1. The second-order valence-electron chi connectivity index (χ2n) is 6.48. The van der Waals surface area contributed by atoms with Gasteiger partial charge < -0.3 is 10.6 Å². The Hall–Kier alpha value is -1.35. The van der Waals surface area contributed by atoms with E-state index in [0.717, 1.165) is 18.7 Å². The quantitative estimate of drug-likeness (QED) is 0.858. The van der Waals surface area contributed by atoms with Crippen molar-refractivity contribution in [1.29, 1.82) is 0 Å². The van der Waals surface area contributed by atoms with Gasteiger partial charge in [-0.15, -0.1) is 0 Å². The van der Waals surface area contributed by atoms with Crippen LogP contribution in [-0.4, -0.2) is 18.5 Å². The summed E-state index contributed by atoms with van der Waals surface area (Å²) in [7, 11) is 0. The lowest BCUT2D eigenvalue weighted by Gasteiger charge is -2.24. The van der Waals surface area contributed by atoms with Crippen molar-refractivity contribution < 1.29 is 4.79 Å². The first-order valence-electron chi connectivity index (χ1n) is 7.03. The maximum Gasteiger partial charge on any atom is 0.241 e. The molecule has 3 nitrogen and oxygen atoms in total. The van der Waals surface area contributed by atoms with Crippen molar-refractivity contribution in [2.24, 2.45) is 5.92 Å². The standard InChI is InChI=1S/C16H24N2O/c1-11-9-10-17-14(11)15(19)18-13-8-6-5-7-12(13)16(2,3)4/h5-8,11,14,17H,9-10H2,1-4H3,(H,18,19). The van der Waals surface area contributed by atoms with E-state index in [9.17, 15) is 4.79 Å². The molecule has 2 atom stereocenters. The van der Waals surface area contributed by atoms with Crippen LogP contribution in [0.2, 0.25) is 0 Å². The van der Waals surface area contributed by atoms with Crippen LogP contribution in [0.4, 0.5) is 5.69 Å². The zero-order valence-corrected chi connectivity index (χ0v) is 12.3. The average molecular weight is 260 g/mol. The molecule has 19 heavy (non-hydrogen) atoms. The fraction of sp³-hybridized carbons (Fsp3) is 0.562. The minimum absolute atomic E-state index is 0.0264. The summed E-state index contributed by atoms with van der Waals surface area (Å²) in [4.78, 5) is 12.3. The van der Waals surface area contributed by atoms with Gasteiger partial charge in [0.25, 0.3) is 0 Å². The highest BCUT2D eigenvalue weighted by atomic mass is 16.2. The molecule has 1 aromatic rings. The van der Waals surface area contributed by atoms with Crippen LogP contribution in [0, 0.1) is 5.92 Å². The van der Waals surface area contributed by atoms with E-state index < -0.39 is 0 Å². The Bertz CT molecular complexity index is 462. The Balaban J connectivity index is 2.17. The Morgan fingerprint density at radius 1 is 1.32 bits per heavy atom. The van der Waals surface area contributed by atoms with Gasteiger partial charge in [0.1, 0.15) is 0 Å². The Morgan fingerprint density at radius 3 is 2.58 bits per heavy atom. The highest BCUT2D eigenvalue weighted by Crippen LogP contribution is 2.29. The normalized spacial score (nSPS) is 23.4. The zero-order chi connectivity index (χ0) is 14.0. The van der Waals surface area contributed by atoms with Crippen molar-refractivity contribution >= 4 is 11.6 Å². The molecular formula is C16H24N2O. The summed E-state index contributed by atoms with van der Waals surface area (Å²) in [6, 6.07) is 8.00. The maximum absolute atomic E-state index is 12.3. The SMILES string of the molecule is CC1CCNC1C(=O)Nc1ccccc1C(C)(C)C. The monoisotopic (exact) mass is 260 g/mol. The Kier molecular flexibility index (Phi) is 3.95. The average Bonchev–Trinajstić information content (AvgIpc) is 2.75. The maximum atomic E-state index is 12.3. The summed E-state index contributed by atoms with van der Waals surface area (Å²) >= 11 is 0. The van der Waals surface area contributed by atoms with Crippen LogP contribution >= 0.6 is 0 Å². The molecule has 2 rings (SSSR count). The molecule has 0 bridgehead atoms. The summed E-state index contributed by atoms with van der Waals surface area (Å²) < 4.78 is 0. The summed E-state index contributed by atoms with van der Waals surface area (Å²) in [5.41, 5.74) is 2.13. The molecule has 0 saturated carbocycles. The molecule has 0 aromatic heterocycles. The lowest BCUT2D eigenvalue weighted by molar-refractivity contribution is -0.118. The highest BCUT2D eigenvalue weighted by molar-refractivity contribution is 5.96. The molecule has 1 saturated heterocycles. The molecule has 0 aliphatic carbocycles. The highest BCUT2D eigenvalue weighted by Gasteiger charge is 2.30. The van der Waals surface area contributed by atoms with Gasteiger partial charge in [-0.25, -0.2) is 0 Å². The molecule has 2 N–H and O–H groups in total. The van der Waals surface area contributed by atoms with E-state index in [1.807, 2.05) is 18.2 Å². The van der Waals surface area contributed by atoms with E-state index in [2.05, 4.69) is 44.4 Å². The van der Waals surface area contributed by atoms with Crippen LogP contribution in [0.15, 0.2) is 24.3 Å². The fourth-order valence-electron chi connectivity index (χ4n) is 2.64. The van der Waals surface area contributed by atoms with Gasteiger partial charge in [-0.1, -0.05) is 45.9 Å². The number of anilines is 1. The van der Waals surface area contributed by atoms with E-state index in [4.69, 9.17) is 0 Å². The molecule has 1 aliphatic heterocycles. The van der Waals surface area contributed by atoms with Gasteiger partial charge in [-0.3, -0.25) is 4.79 Å². The molecular weight excluding hydrogens is 236 g/mol. The van der Waals surface area contributed by atoms with Crippen molar-refractivity contribution in [2.75, 3.05) is 11.9 Å². The van der Waals surface area contributed by atoms with E-state index in [1.165, 1.54) is 5.56 Å². The largest absolute Gasteiger partial charge is 0.324 e. The predicted molar refractivity (Wildman–Crippen MR) is 79.3 cm³/mol. The zero-order valence-electron chi connectivity index (χ0n) is 12.3. The number of carbonyl (C=O) groups excluding carboxylic acids is 1. The minimum atomic E-state index is -0.0620. The molecule has 1 aromatic carbocycles. The van der Waals surface area contributed by atoms with Gasteiger partial charge in [0.05, 0.1) is 6.04 Å². The molecule has 2 unspecified atom stereocenters. The topological polar surface area (TPSA) is 41.1 Å². The van der Waals surface area contributed by atoms with Gasteiger partial charge in [0.15, 0.2) is 0 Å². The predicted octanol–water partition coefficient (Wildman–Crippen LogP) is 2.92. The van der Waals surface area contributed by atoms with Crippen molar-refractivity contribution in [3.63, 3.8) is 0 Å². The molecule has 104 valence electrons. The van der Waals surface area contributed by atoms with Crippen LogP contribution in [0.5, 0.6) is 0 Å². The van der Waals surface area contributed by atoms with Crippen LogP contribution in [0.1, 0.15) is 39.7 Å². The number of amides is 1. The summed E-state index contributed by atoms with van der Waals surface area (Å²) in [6.45, 7) is 9.54. The first kappa shape index (κ1) is 14.1. The van der Waals surface area contributed by atoms with Gasteiger partial charge in [-0.2, -0.15) is 0 Å². The molecule has 1 heterocycles. The van der Waals surface area contributed by atoms with Crippen LogP contribution in [-0.2, 0) is 10.2 Å². The van der Waals surface area contributed by atoms with Crippen molar-refractivity contribution in [3.8, 4) is 0 Å². The third kappa shape index (κ3) is 3.16. The van der Waals surface area contributed by atoms with Crippen LogP contribution in [0.3, 0.4) is 0 Å². The van der Waals surface area contributed by atoms with Gasteiger partial charge in [0, 0.05) is 5.69 Å². The van der Waals surface area contributed by atoms with E-state index in [1.54, 1.807) is 0 Å². The molecule has 1 amide bonds. The number of carbonyl (C=O) groups is 1. The lowest BCUT2D eigenvalue weighted by Crippen LogP contribution is -2.39. The molecule has 0 radical (unpaired) electrons. The third-order valence-electron chi connectivity index (χ3n) is 3.81. The first-order chi connectivity index (χ1) is 8.89. The summed E-state index contributed by atoms with van der Waals surface area (Å²) in [5, 5.41) is 6.36. The van der Waals surface area contributed by atoms with Gasteiger partial charge >= 0.3 is 0 Å². The van der Waals surface area contributed by atoms with Gasteiger partial charge in [-0.05, 0) is 35.9 Å². The second kappa shape index (κ2) is 5.33. The van der Waals surface area contributed by atoms with E-state index >= 15 is 0 Å². The first-order valence-corrected chi connectivity index (χ1v) is 7.03. The number of hydrogen-bond acceptors (Lipinski definition) is 2. The van der Waals surface area contributed by atoms with Gasteiger partial charge in [0.2, 0.25) is 5.91 Å². The van der Waals surface area contributed by atoms with Crippen LogP contribution < -0.4 is 10.6 Å². The summed E-state index contributed by atoms with van der Waals surface area (Å²) in [6.07, 6.45) is 1.07. The third-order valence-corrected chi connectivity index (χ3v) is 3.81. The van der Waals surface area contributed by atoms with Crippen molar-refractivity contribution in [2.45, 2.75) is 45.6 Å². The number of para-hydroxylation sites is 1. The lowest BCUT2D eigenvalue weighted by atomic mass is 9.85. The number of hydrogen-bond donors (Lipinski definition) is 2. The number of nitrogens with one attached hydrogen (secondary N) is 2. The van der Waals surface area contributed by atoms with Crippen molar-refractivity contribution in [1.82, 2.24) is 5.32 Å². The molecule has 0 spiro atoms. The Morgan fingerprint density at radius 2 is 2.00 bits per heavy atom. The molecule has 1 fully saturated rings. The fourth-order valence-corrected chi connectivity index (χ4v) is 2.64. The second-order valence-corrected chi connectivity index (χ2v) is 6.48. The van der Waals surface area contributed by atoms with Crippen LogP contribution in [0.25, 0.3) is 0 Å². The minimum Gasteiger partial charge on any atom is -0.324 e. The summed E-state index contributed by atoms with van der Waals surface area (Å²) in [5.74, 6) is 0.489.